The Kier molecular flexibility index (Phi) is 2.48. The lowest BCUT2D eigenvalue weighted by Crippen LogP contribution is -2.17. The summed E-state index contributed by atoms with van der Waals surface area (Å²) in [6, 6.07) is 1.77. The first-order valence-electron chi connectivity index (χ1n) is 3.75. The molecule has 3 N–H and O–H groups in total. The van der Waals surface area contributed by atoms with Gasteiger partial charge in [-0.3, -0.25) is 9.89 Å². The molecule has 62 valence electrons. The smallest absolute Gasteiger partial charge is 0.264 e. The number of rotatable bonds is 3. The SMILES string of the molecule is CCNC(C)c1cc(=O)[nH][nH]1. The molecule has 0 aromatic carbocycles. The number of hydrogen-bond donors (Lipinski definition) is 3. The van der Waals surface area contributed by atoms with Crippen molar-refractivity contribution in [2.75, 3.05) is 6.54 Å². The van der Waals surface area contributed by atoms with E-state index in [4.69, 9.17) is 0 Å². The molecule has 0 saturated carbocycles. The highest BCUT2D eigenvalue weighted by Crippen LogP contribution is 2.03. The van der Waals surface area contributed by atoms with Gasteiger partial charge in [-0.25, -0.2) is 0 Å². The highest BCUT2D eigenvalue weighted by Gasteiger charge is 2.04. The van der Waals surface area contributed by atoms with Gasteiger partial charge in [0.2, 0.25) is 0 Å². The molecular formula is C7H13N3O. The van der Waals surface area contributed by atoms with Gasteiger partial charge in [-0.2, -0.15) is 0 Å². The highest BCUT2D eigenvalue weighted by atomic mass is 16.1. The molecule has 4 heteroatoms. The van der Waals surface area contributed by atoms with Crippen molar-refractivity contribution in [3.8, 4) is 0 Å². The van der Waals surface area contributed by atoms with Gasteiger partial charge in [0.15, 0.2) is 0 Å². The second-order valence-electron chi connectivity index (χ2n) is 2.49. The van der Waals surface area contributed by atoms with E-state index in [1.54, 1.807) is 6.07 Å². The van der Waals surface area contributed by atoms with Crippen LogP contribution in [0.5, 0.6) is 0 Å². The molecule has 0 spiro atoms. The second kappa shape index (κ2) is 3.39. The maximum Gasteiger partial charge on any atom is 0.264 e. The highest BCUT2D eigenvalue weighted by molar-refractivity contribution is 5.03. The Labute approximate surface area is 65.0 Å². The van der Waals surface area contributed by atoms with Crippen LogP contribution >= 0.6 is 0 Å². The third-order valence-corrected chi connectivity index (χ3v) is 1.59. The molecule has 0 radical (unpaired) electrons. The molecule has 1 atom stereocenters. The predicted octanol–water partition coefficient (Wildman–Crippen LogP) is 0.373. The van der Waals surface area contributed by atoms with Gasteiger partial charge in [0.25, 0.3) is 5.56 Å². The van der Waals surface area contributed by atoms with Crippen molar-refractivity contribution in [1.29, 1.82) is 0 Å². The van der Waals surface area contributed by atoms with E-state index in [-0.39, 0.29) is 11.6 Å². The lowest BCUT2D eigenvalue weighted by Gasteiger charge is -2.08. The van der Waals surface area contributed by atoms with Gasteiger partial charge in [0.1, 0.15) is 0 Å². The van der Waals surface area contributed by atoms with Crippen LogP contribution in [0.15, 0.2) is 10.9 Å². The molecular weight excluding hydrogens is 142 g/mol. The van der Waals surface area contributed by atoms with Crippen molar-refractivity contribution >= 4 is 0 Å². The molecule has 0 fully saturated rings. The maximum absolute atomic E-state index is 10.7. The summed E-state index contributed by atoms with van der Waals surface area (Å²) in [4.78, 5) is 10.7. The lowest BCUT2D eigenvalue weighted by atomic mass is 10.2. The maximum atomic E-state index is 10.7. The Bertz CT molecular complexity index is 263. The van der Waals surface area contributed by atoms with Crippen LogP contribution < -0.4 is 10.9 Å². The second-order valence-corrected chi connectivity index (χ2v) is 2.49. The van der Waals surface area contributed by atoms with E-state index >= 15 is 0 Å². The van der Waals surface area contributed by atoms with E-state index < -0.39 is 0 Å². The number of hydrogen-bond acceptors (Lipinski definition) is 2. The largest absolute Gasteiger partial charge is 0.309 e. The number of aromatic amines is 2. The van der Waals surface area contributed by atoms with Gasteiger partial charge >= 0.3 is 0 Å². The fraction of sp³-hybridized carbons (Fsp3) is 0.571. The molecule has 1 unspecified atom stereocenters. The Balaban J connectivity index is 2.68. The molecule has 1 aromatic rings. The molecule has 11 heavy (non-hydrogen) atoms. The minimum absolute atomic E-state index is 0.0789. The van der Waals surface area contributed by atoms with Crippen LogP contribution in [-0.4, -0.2) is 16.7 Å². The Morgan fingerprint density at radius 3 is 2.82 bits per heavy atom. The van der Waals surface area contributed by atoms with Crippen molar-refractivity contribution in [1.82, 2.24) is 15.5 Å². The first kappa shape index (κ1) is 8.07. The average molecular weight is 155 g/mol. The van der Waals surface area contributed by atoms with Crippen LogP contribution in [0.4, 0.5) is 0 Å². The normalized spacial score (nSPS) is 13.3. The molecule has 1 heterocycles. The predicted molar refractivity (Wildman–Crippen MR) is 43.5 cm³/mol. The van der Waals surface area contributed by atoms with Gasteiger partial charge in [0, 0.05) is 12.1 Å². The summed E-state index contributed by atoms with van der Waals surface area (Å²) in [5.74, 6) is 0. The van der Waals surface area contributed by atoms with E-state index in [1.807, 2.05) is 13.8 Å². The molecule has 0 saturated heterocycles. The average Bonchev–Trinajstić information content (AvgIpc) is 2.36. The van der Waals surface area contributed by atoms with Crippen LogP contribution in [0.2, 0.25) is 0 Å². The third-order valence-electron chi connectivity index (χ3n) is 1.59. The number of nitrogens with one attached hydrogen (secondary N) is 3. The fourth-order valence-corrected chi connectivity index (χ4v) is 0.997. The molecule has 0 aliphatic carbocycles. The van der Waals surface area contributed by atoms with Crippen molar-refractivity contribution in [3.63, 3.8) is 0 Å². The van der Waals surface area contributed by atoms with Crippen LogP contribution in [-0.2, 0) is 0 Å². The van der Waals surface area contributed by atoms with Gasteiger partial charge < -0.3 is 10.4 Å². The number of aromatic nitrogens is 2. The molecule has 1 aromatic heterocycles. The lowest BCUT2D eigenvalue weighted by molar-refractivity contribution is 0.582. The Hall–Kier alpha value is -1.03. The molecule has 0 aliphatic heterocycles. The van der Waals surface area contributed by atoms with Gasteiger partial charge in [-0.15, -0.1) is 0 Å². The molecule has 0 aliphatic rings. The van der Waals surface area contributed by atoms with Crippen LogP contribution in [0.25, 0.3) is 0 Å². The quantitative estimate of drug-likeness (QED) is 0.590. The van der Waals surface area contributed by atoms with E-state index in [1.165, 1.54) is 0 Å². The Morgan fingerprint density at radius 2 is 2.36 bits per heavy atom. The minimum Gasteiger partial charge on any atom is -0.309 e. The minimum atomic E-state index is -0.0789. The summed E-state index contributed by atoms with van der Waals surface area (Å²) in [6.45, 7) is 4.93. The number of H-pyrrole nitrogens is 2. The standard InChI is InChI=1S/C7H13N3O/c1-3-8-5(2)6-4-7(11)10-9-6/h4-5,8H,3H2,1-2H3,(H2,9,10,11). The van der Waals surface area contributed by atoms with Gasteiger partial charge in [-0.1, -0.05) is 6.92 Å². The van der Waals surface area contributed by atoms with Gasteiger partial charge in [-0.05, 0) is 13.5 Å². The fourth-order valence-electron chi connectivity index (χ4n) is 0.997. The van der Waals surface area contributed by atoms with Crippen LogP contribution in [0.3, 0.4) is 0 Å². The topological polar surface area (TPSA) is 60.7 Å². The van der Waals surface area contributed by atoms with E-state index in [0.717, 1.165) is 12.2 Å². The van der Waals surface area contributed by atoms with Crippen molar-refractivity contribution in [2.24, 2.45) is 0 Å². The summed E-state index contributed by atoms with van der Waals surface area (Å²) < 4.78 is 0. The van der Waals surface area contributed by atoms with Crippen LogP contribution in [0.1, 0.15) is 25.6 Å². The van der Waals surface area contributed by atoms with E-state index in [2.05, 4.69) is 15.5 Å². The van der Waals surface area contributed by atoms with Crippen molar-refractivity contribution in [3.05, 3.63) is 22.1 Å². The van der Waals surface area contributed by atoms with Crippen molar-refractivity contribution < 1.29 is 0 Å². The zero-order valence-corrected chi connectivity index (χ0v) is 6.77. The van der Waals surface area contributed by atoms with E-state index in [0.29, 0.717) is 0 Å². The Morgan fingerprint density at radius 1 is 1.64 bits per heavy atom. The van der Waals surface area contributed by atoms with E-state index in [9.17, 15) is 4.79 Å². The summed E-state index contributed by atoms with van der Waals surface area (Å²) >= 11 is 0. The van der Waals surface area contributed by atoms with Crippen molar-refractivity contribution in [2.45, 2.75) is 19.9 Å². The summed E-state index contributed by atoms with van der Waals surface area (Å²) in [5.41, 5.74) is 0.821. The summed E-state index contributed by atoms with van der Waals surface area (Å²) in [6.07, 6.45) is 0. The monoisotopic (exact) mass is 155 g/mol. The third kappa shape index (κ3) is 1.94. The summed E-state index contributed by atoms with van der Waals surface area (Å²) in [7, 11) is 0. The van der Waals surface area contributed by atoms with Crippen LogP contribution in [0, 0.1) is 0 Å². The molecule has 4 nitrogen and oxygen atoms in total. The van der Waals surface area contributed by atoms with Gasteiger partial charge in [0.05, 0.1) is 5.69 Å². The summed E-state index contributed by atoms with van der Waals surface area (Å²) in [5, 5.41) is 8.46. The zero-order valence-electron chi connectivity index (χ0n) is 6.77. The molecule has 0 bridgehead atoms. The first-order chi connectivity index (χ1) is 5.24. The first-order valence-corrected chi connectivity index (χ1v) is 3.75. The molecule has 0 amide bonds. The zero-order chi connectivity index (χ0) is 8.27. The molecule has 1 rings (SSSR count).